The first kappa shape index (κ1) is 22.9. The molecule has 10 heteroatoms. The molecule has 0 heterocycles. The number of hydrogen-bond acceptors (Lipinski definition) is 4. The highest BCUT2D eigenvalue weighted by molar-refractivity contribution is 6.36. The van der Waals surface area contributed by atoms with E-state index in [1.165, 1.54) is 48.3 Å². The van der Waals surface area contributed by atoms with Gasteiger partial charge in [0.15, 0.2) is 6.61 Å². The first-order valence-corrected chi connectivity index (χ1v) is 9.38. The van der Waals surface area contributed by atoms with E-state index in [0.717, 1.165) is 0 Å². The summed E-state index contributed by atoms with van der Waals surface area (Å²) in [5, 5.41) is 3.02. The summed E-state index contributed by atoms with van der Waals surface area (Å²) in [6, 6.07) is 8.49. The Morgan fingerprint density at radius 3 is 2.48 bits per heavy atom. The number of amides is 2. The number of esters is 1. The second kappa shape index (κ2) is 10.4. The molecule has 0 aromatic heterocycles. The van der Waals surface area contributed by atoms with Gasteiger partial charge in [-0.15, -0.1) is 0 Å². The van der Waals surface area contributed by atoms with E-state index in [1.54, 1.807) is 0 Å². The van der Waals surface area contributed by atoms with Crippen molar-refractivity contribution in [2.45, 2.75) is 6.54 Å². The molecule has 0 saturated heterocycles. The van der Waals surface area contributed by atoms with E-state index in [9.17, 15) is 18.8 Å². The number of likely N-dealkylation sites (N-methyl/N-ethyl adjacent to an activating group) is 1. The minimum Gasteiger partial charge on any atom is -0.454 e. The van der Waals surface area contributed by atoms with E-state index in [-0.39, 0.29) is 27.7 Å². The average Bonchev–Trinajstić information content (AvgIpc) is 2.67. The molecule has 154 valence electrons. The van der Waals surface area contributed by atoms with Gasteiger partial charge in [-0.1, -0.05) is 40.9 Å². The van der Waals surface area contributed by atoms with Gasteiger partial charge < -0.3 is 15.0 Å². The molecule has 2 aromatic carbocycles. The van der Waals surface area contributed by atoms with Crippen molar-refractivity contribution in [3.05, 3.63) is 68.4 Å². The largest absolute Gasteiger partial charge is 0.454 e. The third-order valence-electron chi connectivity index (χ3n) is 3.81. The summed E-state index contributed by atoms with van der Waals surface area (Å²) in [4.78, 5) is 37.0. The topological polar surface area (TPSA) is 75.7 Å². The second-order valence-electron chi connectivity index (χ2n) is 5.92. The highest BCUT2D eigenvalue weighted by Gasteiger charge is 2.17. The predicted octanol–water partition coefficient (Wildman–Crippen LogP) is 3.72. The lowest BCUT2D eigenvalue weighted by atomic mass is 10.2. The highest BCUT2D eigenvalue weighted by atomic mass is 35.5. The quantitative estimate of drug-likeness (QED) is 0.638. The zero-order chi connectivity index (χ0) is 21.6. The third-order valence-corrected chi connectivity index (χ3v) is 4.71. The van der Waals surface area contributed by atoms with Crippen LogP contribution in [0, 0.1) is 5.82 Å². The van der Waals surface area contributed by atoms with Crippen LogP contribution in [-0.4, -0.2) is 42.9 Å². The summed E-state index contributed by atoms with van der Waals surface area (Å²) in [6.07, 6.45) is 0. The molecule has 1 N–H and O–H groups in total. The van der Waals surface area contributed by atoms with E-state index in [0.29, 0.717) is 5.02 Å². The van der Waals surface area contributed by atoms with Crippen LogP contribution < -0.4 is 5.32 Å². The number of benzene rings is 2. The van der Waals surface area contributed by atoms with Crippen LogP contribution in [0.1, 0.15) is 15.9 Å². The number of hydrogen-bond donors (Lipinski definition) is 1. The van der Waals surface area contributed by atoms with Gasteiger partial charge >= 0.3 is 5.97 Å². The van der Waals surface area contributed by atoms with Crippen LogP contribution in [0.4, 0.5) is 4.39 Å². The number of nitrogens with one attached hydrogen (secondary N) is 1. The first-order valence-electron chi connectivity index (χ1n) is 8.24. The van der Waals surface area contributed by atoms with Crippen LogP contribution >= 0.6 is 34.8 Å². The van der Waals surface area contributed by atoms with Crippen molar-refractivity contribution in [2.24, 2.45) is 0 Å². The number of nitrogens with zero attached hydrogens (tertiary/aromatic N) is 1. The van der Waals surface area contributed by atoms with E-state index in [1.807, 2.05) is 0 Å². The number of ether oxygens (including phenoxy) is 1. The molecule has 0 unspecified atom stereocenters. The van der Waals surface area contributed by atoms with Gasteiger partial charge in [-0.05, 0) is 30.3 Å². The lowest BCUT2D eigenvalue weighted by Gasteiger charge is -2.18. The van der Waals surface area contributed by atoms with Crippen molar-refractivity contribution in [1.82, 2.24) is 10.2 Å². The van der Waals surface area contributed by atoms with Crippen molar-refractivity contribution < 1.29 is 23.5 Å². The Bertz CT molecular complexity index is 919. The van der Waals surface area contributed by atoms with Crippen LogP contribution in [0.3, 0.4) is 0 Å². The smallest absolute Gasteiger partial charge is 0.325 e. The number of carbonyl (C=O) groups excluding carboxylic acids is 3. The summed E-state index contributed by atoms with van der Waals surface area (Å²) < 4.78 is 18.6. The molecule has 0 saturated carbocycles. The Morgan fingerprint density at radius 1 is 1.10 bits per heavy atom. The molecule has 0 bridgehead atoms. The zero-order valence-corrected chi connectivity index (χ0v) is 17.4. The van der Waals surface area contributed by atoms with Crippen LogP contribution in [0.5, 0.6) is 0 Å². The van der Waals surface area contributed by atoms with Crippen molar-refractivity contribution >= 4 is 52.6 Å². The van der Waals surface area contributed by atoms with Crippen LogP contribution in [0.15, 0.2) is 36.4 Å². The fraction of sp³-hybridized carbons (Fsp3) is 0.211. The van der Waals surface area contributed by atoms with Gasteiger partial charge in [-0.2, -0.15) is 0 Å². The SMILES string of the molecule is CN(Cc1c(F)cccc1Cl)C(=O)COC(=O)CNC(=O)c1ccc(Cl)cc1Cl. The Morgan fingerprint density at radius 2 is 1.83 bits per heavy atom. The molecule has 0 aliphatic carbocycles. The molecular weight excluding hydrogens is 446 g/mol. The van der Waals surface area contributed by atoms with Gasteiger partial charge in [0.2, 0.25) is 0 Å². The molecule has 0 spiro atoms. The zero-order valence-electron chi connectivity index (χ0n) is 15.2. The Hall–Kier alpha value is -2.35. The van der Waals surface area contributed by atoms with Crippen molar-refractivity contribution in [2.75, 3.05) is 20.2 Å². The maximum Gasteiger partial charge on any atom is 0.325 e. The standard InChI is InChI=1S/C19H16Cl3FN2O4/c1-25(9-13-14(21)3-2-4-16(13)23)17(26)10-29-18(27)8-24-19(28)12-6-5-11(20)7-15(12)22/h2-7H,8-10H2,1H3,(H,24,28). The van der Waals surface area contributed by atoms with E-state index in [4.69, 9.17) is 39.5 Å². The third kappa shape index (κ3) is 6.59. The van der Waals surface area contributed by atoms with Gasteiger partial charge in [0.1, 0.15) is 12.4 Å². The van der Waals surface area contributed by atoms with Gasteiger partial charge in [0, 0.05) is 29.2 Å². The molecule has 0 aliphatic rings. The molecule has 0 fully saturated rings. The molecule has 6 nitrogen and oxygen atoms in total. The van der Waals surface area contributed by atoms with Crippen LogP contribution in [0.2, 0.25) is 15.1 Å². The fourth-order valence-corrected chi connectivity index (χ4v) is 2.95. The highest BCUT2D eigenvalue weighted by Crippen LogP contribution is 2.21. The summed E-state index contributed by atoms with van der Waals surface area (Å²) >= 11 is 17.6. The van der Waals surface area contributed by atoms with Crippen molar-refractivity contribution in [1.29, 1.82) is 0 Å². The Balaban J connectivity index is 1.80. The second-order valence-corrected chi connectivity index (χ2v) is 7.17. The van der Waals surface area contributed by atoms with Crippen molar-refractivity contribution in [3.63, 3.8) is 0 Å². The first-order chi connectivity index (χ1) is 13.7. The minimum atomic E-state index is -0.825. The van der Waals surface area contributed by atoms with Crippen LogP contribution in [-0.2, 0) is 20.9 Å². The van der Waals surface area contributed by atoms with Crippen LogP contribution in [0.25, 0.3) is 0 Å². The van der Waals surface area contributed by atoms with Gasteiger partial charge in [0.05, 0.1) is 10.6 Å². The van der Waals surface area contributed by atoms with E-state index >= 15 is 0 Å². The van der Waals surface area contributed by atoms with Gasteiger partial charge in [-0.3, -0.25) is 14.4 Å². The maximum absolute atomic E-state index is 13.8. The summed E-state index contributed by atoms with van der Waals surface area (Å²) in [5.74, 6) is -2.53. The summed E-state index contributed by atoms with van der Waals surface area (Å²) in [5.41, 5.74) is 0.296. The fourth-order valence-electron chi connectivity index (χ4n) is 2.23. The van der Waals surface area contributed by atoms with Gasteiger partial charge in [0.25, 0.3) is 11.8 Å². The molecule has 2 rings (SSSR count). The number of rotatable bonds is 7. The molecule has 2 amide bonds. The monoisotopic (exact) mass is 460 g/mol. The minimum absolute atomic E-state index is 0.0896. The molecule has 29 heavy (non-hydrogen) atoms. The average molecular weight is 462 g/mol. The molecule has 0 atom stereocenters. The molecule has 0 aliphatic heterocycles. The molecule has 2 aromatic rings. The number of carbonyl (C=O) groups is 3. The van der Waals surface area contributed by atoms with Gasteiger partial charge in [-0.25, -0.2) is 4.39 Å². The lowest BCUT2D eigenvalue weighted by molar-refractivity contribution is -0.150. The summed E-state index contributed by atoms with van der Waals surface area (Å²) in [6.45, 7) is -1.12. The predicted molar refractivity (Wildman–Crippen MR) is 108 cm³/mol. The Kier molecular flexibility index (Phi) is 8.25. The van der Waals surface area contributed by atoms with Crippen molar-refractivity contribution in [3.8, 4) is 0 Å². The Labute approximate surface area is 181 Å². The van der Waals surface area contributed by atoms with E-state index < -0.39 is 36.8 Å². The number of halogens is 4. The maximum atomic E-state index is 13.8. The lowest BCUT2D eigenvalue weighted by Crippen LogP contribution is -2.34. The molecular formula is C19H16Cl3FN2O4. The normalized spacial score (nSPS) is 10.4. The molecule has 0 radical (unpaired) electrons. The van der Waals surface area contributed by atoms with E-state index in [2.05, 4.69) is 5.32 Å². The summed E-state index contributed by atoms with van der Waals surface area (Å²) in [7, 11) is 1.42.